The highest BCUT2D eigenvalue weighted by atomic mass is 16.5. The van der Waals surface area contributed by atoms with Gasteiger partial charge in [-0.25, -0.2) is 4.68 Å². The molecule has 1 unspecified atom stereocenters. The Morgan fingerprint density at radius 2 is 1.46 bits per heavy atom. The molecule has 1 aromatic heterocycles. The van der Waals surface area contributed by atoms with Gasteiger partial charge in [0, 0.05) is 18.7 Å². The topological polar surface area (TPSA) is 216 Å². The van der Waals surface area contributed by atoms with Crippen molar-refractivity contribution in [3.63, 3.8) is 0 Å². The van der Waals surface area contributed by atoms with Crippen molar-refractivity contribution in [3.8, 4) is 0 Å². The number of hydrogen-bond acceptors (Lipinski definition) is 10. The molecule has 1 aromatic rings. The lowest BCUT2D eigenvalue weighted by molar-refractivity contribution is -0.149. The van der Waals surface area contributed by atoms with E-state index in [1.165, 1.54) is 14.5 Å². The van der Waals surface area contributed by atoms with Crippen molar-refractivity contribution in [1.82, 2.24) is 24.8 Å². The van der Waals surface area contributed by atoms with E-state index in [9.17, 15) is 39.6 Å². The molecular formula is C20H31N5O10. The summed E-state index contributed by atoms with van der Waals surface area (Å²) in [6, 6.07) is -1.38. The van der Waals surface area contributed by atoms with Crippen molar-refractivity contribution in [2.45, 2.75) is 44.5 Å². The molecule has 15 heteroatoms. The summed E-state index contributed by atoms with van der Waals surface area (Å²) in [4.78, 5) is 48.1. The van der Waals surface area contributed by atoms with Crippen molar-refractivity contribution >= 4 is 23.9 Å². The molecule has 1 saturated carbocycles. The number of carboxylic acid groups (broad SMARTS) is 4. The second-order valence-corrected chi connectivity index (χ2v) is 8.41. The molecule has 0 aromatic carbocycles. The van der Waals surface area contributed by atoms with Gasteiger partial charge in [-0.1, -0.05) is 5.21 Å². The summed E-state index contributed by atoms with van der Waals surface area (Å²) in [6.07, 6.45) is 2.80. The third kappa shape index (κ3) is 9.56. The number of ether oxygens (including phenoxy) is 1. The Kier molecular flexibility index (Phi) is 11.0. The van der Waals surface area contributed by atoms with Gasteiger partial charge in [-0.05, 0) is 25.2 Å². The first-order valence-corrected chi connectivity index (χ1v) is 11.0. The summed E-state index contributed by atoms with van der Waals surface area (Å²) >= 11 is 0. The molecule has 0 saturated heterocycles. The summed E-state index contributed by atoms with van der Waals surface area (Å²) in [5.41, 5.74) is 0.552. The van der Waals surface area contributed by atoms with E-state index in [2.05, 4.69) is 10.3 Å². The summed E-state index contributed by atoms with van der Waals surface area (Å²) in [6.45, 7) is -1.73. The first kappa shape index (κ1) is 28.1. The van der Waals surface area contributed by atoms with Crippen LogP contribution in [0.25, 0.3) is 0 Å². The predicted octanol–water partition coefficient (Wildman–Crippen LogP) is -1.73. The van der Waals surface area contributed by atoms with Crippen LogP contribution < -0.4 is 0 Å². The van der Waals surface area contributed by atoms with E-state index >= 15 is 0 Å². The molecule has 1 aliphatic carbocycles. The predicted molar refractivity (Wildman–Crippen MR) is 115 cm³/mol. The molecule has 0 bridgehead atoms. The van der Waals surface area contributed by atoms with Crippen LogP contribution in [0.5, 0.6) is 0 Å². The maximum atomic E-state index is 11.4. The fourth-order valence-electron chi connectivity index (χ4n) is 4.41. The molecule has 0 amide bonds. The Morgan fingerprint density at radius 1 is 0.914 bits per heavy atom. The minimum absolute atomic E-state index is 0.0851. The zero-order valence-corrected chi connectivity index (χ0v) is 19.1. The van der Waals surface area contributed by atoms with Crippen LogP contribution in [0.4, 0.5) is 0 Å². The molecule has 5 N–H and O–H groups in total. The van der Waals surface area contributed by atoms with Crippen molar-refractivity contribution < 1.29 is 49.4 Å². The van der Waals surface area contributed by atoms with Crippen LogP contribution in [-0.4, -0.2) is 126 Å². The molecule has 35 heavy (non-hydrogen) atoms. The Morgan fingerprint density at radius 3 is 1.97 bits per heavy atom. The lowest BCUT2D eigenvalue weighted by Gasteiger charge is -2.45. The van der Waals surface area contributed by atoms with Gasteiger partial charge in [0.15, 0.2) is 0 Å². The minimum atomic E-state index is -1.25. The maximum Gasteiger partial charge on any atom is 0.317 e. The molecule has 1 heterocycles. The normalized spacial score (nSPS) is 20.3. The van der Waals surface area contributed by atoms with Gasteiger partial charge < -0.3 is 30.3 Å². The highest BCUT2D eigenvalue weighted by molar-refractivity contribution is 5.73. The van der Waals surface area contributed by atoms with E-state index in [0.29, 0.717) is 25.1 Å². The SMILES string of the molecule is O=C(O)CN(CC(=O)O)[C@@H]1CCC(COCc2cn(CCO)nn2)C[C@H]1N(CC(=O)O)CC(=O)O. The van der Waals surface area contributed by atoms with Crippen molar-refractivity contribution in [2.75, 3.05) is 39.4 Å². The maximum absolute atomic E-state index is 11.4. The van der Waals surface area contributed by atoms with Crippen molar-refractivity contribution in [1.29, 1.82) is 0 Å². The van der Waals surface area contributed by atoms with Gasteiger partial charge in [-0.2, -0.15) is 0 Å². The molecule has 0 aliphatic heterocycles. The van der Waals surface area contributed by atoms with Crippen LogP contribution >= 0.6 is 0 Å². The van der Waals surface area contributed by atoms with E-state index in [0.717, 1.165) is 0 Å². The van der Waals surface area contributed by atoms with Crippen LogP contribution in [0.15, 0.2) is 6.20 Å². The van der Waals surface area contributed by atoms with Gasteiger partial charge in [-0.3, -0.25) is 29.0 Å². The van der Waals surface area contributed by atoms with Crippen LogP contribution in [0, 0.1) is 5.92 Å². The number of hydrogen-bond donors (Lipinski definition) is 5. The van der Waals surface area contributed by atoms with Gasteiger partial charge in [0.25, 0.3) is 0 Å². The summed E-state index contributed by atoms with van der Waals surface area (Å²) in [5, 5.41) is 53.9. The number of carbonyl (C=O) groups is 4. The van der Waals surface area contributed by atoms with Gasteiger partial charge in [-0.15, -0.1) is 5.10 Å². The van der Waals surface area contributed by atoms with Gasteiger partial charge in [0.05, 0.1) is 52.1 Å². The third-order valence-corrected chi connectivity index (χ3v) is 5.70. The van der Waals surface area contributed by atoms with E-state index < -0.39 is 62.1 Å². The van der Waals surface area contributed by atoms with Crippen LogP contribution in [0.3, 0.4) is 0 Å². The quantitative estimate of drug-likeness (QED) is 0.170. The minimum Gasteiger partial charge on any atom is -0.480 e. The number of aliphatic hydroxyl groups excluding tert-OH is 1. The zero-order valence-electron chi connectivity index (χ0n) is 19.1. The van der Waals surface area contributed by atoms with Crippen molar-refractivity contribution in [3.05, 3.63) is 11.9 Å². The molecule has 0 spiro atoms. The monoisotopic (exact) mass is 501 g/mol. The van der Waals surface area contributed by atoms with Gasteiger partial charge in [0.1, 0.15) is 5.69 Å². The van der Waals surface area contributed by atoms with Crippen molar-refractivity contribution in [2.24, 2.45) is 5.92 Å². The summed E-state index contributed by atoms with van der Waals surface area (Å²) < 4.78 is 7.20. The Labute approximate surface area is 200 Å². The Hall–Kier alpha value is -3.14. The van der Waals surface area contributed by atoms with E-state index in [1.807, 2.05) is 0 Å². The average Bonchev–Trinajstić information content (AvgIpc) is 3.19. The van der Waals surface area contributed by atoms with Crippen LogP contribution in [0.2, 0.25) is 0 Å². The lowest BCUT2D eigenvalue weighted by Crippen LogP contribution is -2.58. The number of aliphatic carboxylic acids is 4. The molecule has 1 aliphatic rings. The van der Waals surface area contributed by atoms with Crippen LogP contribution in [0.1, 0.15) is 25.0 Å². The summed E-state index contributed by atoms with van der Waals surface area (Å²) in [7, 11) is 0. The second kappa shape index (κ2) is 13.7. The smallest absolute Gasteiger partial charge is 0.317 e. The fourth-order valence-corrected chi connectivity index (χ4v) is 4.41. The number of rotatable bonds is 16. The molecule has 196 valence electrons. The average molecular weight is 501 g/mol. The number of nitrogens with zero attached hydrogens (tertiary/aromatic N) is 5. The number of carboxylic acids is 4. The summed E-state index contributed by atoms with van der Waals surface area (Å²) in [5.74, 6) is -5.10. The zero-order chi connectivity index (χ0) is 26.0. The molecular weight excluding hydrogens is 470 g/mol. The standard InChI is InChI=1S/C20H31N5O10/c26-4-3-25-6-14(21-22-25)12-35-11-13-1-2-15(23(7-17(27)28)8-18(29)30)16(5-13)24(9-19(31)32)10-20(33)34/h6,13,15-16,26H,1-5,7-12H2,(H,27,28)(H,29,30)(H,31,32)(H,33,34)/t13?,15-,16-/m1/s1. The molecule has 15 nitrogen and oxygen atoms in total. The highest BCUT2D eigenvalue weighted by Gasteiger charge is 2.40. The molecule has 1 fully saturated rings. The molecule has 3 atom stereocenters. The number of aliphatic hydroxyl groups is 1. The Balaban J connectivity index is 2.15. The fraction of sp³-hybridized carbons (Fsp3) is 0.700. The van der Waals surface area contributed by atoms with Crippen LogP contribution in [-0.2, 0) is 37.1 Å². The first-order valence-electron chi connectivity index (χ1n) is 11.0. The largest absolute Gasteiger partial charge is 0.480 e. The van der Waals surface area contributed by atoms with E-state index in [-0.39, 0.29) is 32.2 Å². The first-order chi connectivity index (χ1) is 16.6. The van der Waals surface area contributed by atoms with Gasteiger partial charge in [0.2, 0.25) is 0 Å². The second-order valence-electron chi connectivity index (χ2n) is 8.41. The molecule has 0 radical (unpaired) electrons. The highest BCUT2D eigenvalue weighted by Crippen LogP contribution is 2.32. The van der Waals surface area contributed by atoms with E-state index in [1.54, 1.807) is 6.20 Å². The van der Waals surface area contributed by atoms with Gasteiger partial charge >= 0.3 is 23.9 Å². The van der Waals surface area contributed by atoms with E-state index in [4.69, 9.17) is 9.84 Å². The Bertz CT molecular complexity index is 846. The third-order valence-electron chi connectivity index (χ3n) is 5.70. The lowest BCUT2D eigenvalue weighted by atomic mass is 9.80. The number of aromatic nitrogens is 3. The molecule has 2 rings (SSSR count).